The highest BCUT2D eigenvalue weighted by molar-refractivity contribution is 9.11. The van der Waals surface area contributed by atoms with Crippen molar-refractivity contribution in [2.45, 2.75) is 0 Å². The molecule has 0 aromatic carbocycles. The number of quaternary nitrogens is 1. The van der Waals surface area contributed by atoms with Crippen LogP contribution in [0.3, 0.4) is 0 Å². The quantitative estimate of drug-likeness (QED) is 0.666. The van der Waals surface area contributed by atoms with Gasteiger partial charge in [-0.3, -0.25) is 4.48 Å². The molecule has 4 rings (SSSR count). The Kier molecular flexibility index (Phi) is 2.18. The molecule has 5 heteroatoms. The summed E-state index contributed by atoms with van der Waals surface area (Å²) in [5, 5.41) is 0. The lowest BCUT2D eigenvalue weighted by Gasteiger charge is -2.60. The zero-order valence-electron chi connectivity index (χ0n) is 8.27. The molecule has 4 aliphatic rings. The molecule has 0 atom stereocenters. The van der Waals surface area contributed by atoms with Crippen molar-refractivity contribution in [2.24, 2.45) is 0 Å². The van der Waals surface area contributed by atoms with Gasteiger partial charge in [-0.2, -0.15) is 0 Å². The second-order valence-electron chi connectivity index (χ2n) is 4.75. The van der Waals surface area contributed by atoms with Crippen molar-refractivity contribution in [1.82, 2.24) is 14.7 Å². The summed E-state index contributed by atoms with van der Waals surface area (Å²) in [7, 11) is 0. The molecule has 4 fully saturated rings. The van der Waals surface area contributed by atoms with Crippen LogP contribution in [0.2, 0.25) is 0 Å². The Bertz CT molecular complexity index is 230. The average Bonchev–Trinajstić information content (AvgIpc) is 2.12. The Balaban J connectivity index is 1.80. The van der Waals surface area contributed by atoms with Crippen LogP contribution in [0.15, 0.2) is 11.1 Å². The van der Waals surface area contributed by atoms with Gasteiger partial charge >= 0.3 is 0 Å². The fraction of sp³-hybridized carbons (Fsp3) is 0.778. The minimum atomic E-state index is 1.15. The number of hydrogen-bond donors (Lipinski definition) is 0. The van der Waals surface area contributed by atoms with Gasteiger partial charge in [0.15, 0.2) is 0 Å². The maximum absolute atomic E-state index is 3.36. The summed E-state index contributed by atoms with van der Waals surface area (Å²) in [6.45, 7) is 8.35. The highest BCUT2D eigenvalue weighted by Gasteiger charge is 2.47. The van der Waals surface area contributed by atoms with Crippen molar-refractivity contribution in [3.63, 3.8) is 0 Å². The minimum absolute atomic E-state index is 1.15. The van der Waals surface area contributed by atoms with Crippen LogP contribution in [0.4, 0.5) is 0 Å². The molecule has 0 radical (unpaired) electrons. The van der Waals surface area contributed by atoms with Gasteiger partial charge in [0.1, 0.15) is 26.6 Å². The summed E-state index contributed by atoms with van der Waals surface area (Å²) < 4.78 is 1.20. The number of rotatable bonds is 2. The zero-order chi connectivity index (χ0) is 9.60. The van der Waals surface area contributed by atoms with Crippen LogP contribution in [0.25, 0.3) is 0 Å². The lowest BCUT2D eigenvalue weighted by atomic mass is 10.3. The molecule has 0 aromatic rings. The smallest absolute Gasteiger partial charge is 0.139 e. The molecule has 14 heavy (non-hydrogen) atoms. The molecule has 0 amide bonds. The number of halogens is 1. The molecule has 0 unspecified atom stereocenters. The lowest BCUT2D eigenvalue weighted by Crippen LogP contribution is -2.79. The molecule has 78 valence electrons. The topological polar surface area (TPSA) is 9.72 Å². The fourth-order valence-electron chi connectivity index (χ4n) is 3.09. The first-order valence-electron chi connectivity index (χ1n) is 5.07. The van der Waals surface area contributed by atoms with Gasteiger partial charge in [-0.1, -0.05) is 15.9 Å². The van der Waals surface area contributed by atoms with E-state index in [1.165, 1.54) is 44.5 Å². The van der Waals surface area contributed by atoms with Gasteiger partial charge < -0.3 is 0 Å². The number of nitrogens with zero attached hydrogens (tertiary/aromatic N) is 4. The van der Waals surface area contributed by atoms with E-state index in [4.69, 9.17) is 0 Å². The van der Waals surface area contributed by atoms with Crippen LogP contribution in [0.5, 0.6) is 0 Å². The van der Waals surface area contributed by atoms with E-state index < -0.39 is 0 Å². The van der Waals surface area contributed by atoms with Crippen LogP contribution < -0.4 is 0 Å². The Labute approximate surface area is 93.1 Å². The van der Waals surface area contributed by atoms with Crippen molar-refractivity contribution >= 4 is 15.9 Å². The second kappa shape index (κ2) is 3.28. The predicted molar refractivity (Wildman–Crippen MR) is 57.9 cm³/mol. The third kappa shape index (κ3) is 1.44. The van der Waals surface area contributed by atoms with Gasteiger partial charge in [-0.05, 0) is 11.1 Å². The summed E-state index contributed by atoms with van der Waals surface area (Å²) in [6.07, 6.45) is 2.23. The first-order chi connectivity index (χ1) is 6.80. The molecule has 4 aliphatic heterocycles. The molecule has 0 saturated carbocycles. The largest absolute Gasteiger partial charge is 0.283 e. The van der Waals surface area contributed by atoms with Gasteiger partial charge in [0.25, 0.3) is 0 Å². The predicted octanol–water partition coefficient (Wildman–Crippen LogP) is 0.404. The van der Waals surface area contributed by atoms with Crippen molar-refractivity contribution in [3.05, 3.63) is 11.1 Å². The van der Waals surface area contributed by atoms with Gasteiger partial charge in [0.05, 0.1) is 20.0 Å². The third-order valence-corrected chi connectivity index (χ3v) is 3.66. The molecule has 4 bridgehead atoms. The van der Waals surface area contributed by atoms with Gasteiger partial charge in [-0.25, -0.2) is 14.7 Å². The molecule has 0 spiro atoms. The summed E-state index contributed by atoms with van der Waals surface area (Å²) >= 11 is 3.36. The molecule has 4 heterocycles. The first-order valence-corrected chi connectivity index (χ1v) is 5.99. The Morgan fingerprint density at radius 3 is 1.93 bits per heavy atom. The van der Waals surface area contributed by atoms with Crippen LogP contribution >= 0.6 is 15.9 Å². The van der Waals surface area contributed by atoms with E-state index in [0.717, 1.165) is 6.54 Å². The summed E-state index contributed by atoms with van der Waals surface area (Å²) in [5.41, 5.74) is 0. The van der Waals surface area contributed by atoms with E-state index in [-0.39, 0.29) is 0 Å². The van der Waals surface area contributed by atoms with Crippen molar-refractivity contribution in [2.75, 3.05) is 46.6 Å². The standard InChI is InChI=1S/C9H16BrN4/c10-2-1-3-14-7-11-4-12(8-14)6-13(5-11)9-14/h1-2H,3-9H2/q+1/b2-1+. The lowest BCUT2D eigenvalue weighted by molar-refractivity contribution is -0.975. The SMILES string of the molecule is Br/C=C/C[N+]12CN3CN(CN(C3)C1)C2. The van der Waals surface area contributed by atoms with Crippen molar-refractivity contribution < 1.29 is 4.48 Å². The Morgan fingerprint density at radius 1 is 1.00 bits per heavy atom. The van der Waals surface area contributed by atoms with Crippen LogP contribution in [-0.2, 0) is 0 Å². The van der Waals surface area contributed by atoms with E-state index in [2.05, 4.69) is 36.7 Å². The molecule has 0 N–H and O–H groups in total. The average molecular weight is 260 g/mol. The molecule has 4 saturated heterocycles. The van der Waals surface area contributed by atoms with Crippen molar-refractivity contribution in [1.29, 1.82) is 0 Å². The maximum atomic E-state index is 3.36. The highest BCUT2D eigenvalue weighted by atomic mass is 79.9. The van der Waals surface area contributed by atoms with E-state index in [9.17, 15) is 0 Å². The normalized spacial score (nSPS) is 50.5. The van der Waals surface area contributed by atoms with E-state index >= 15 is 0 Å². The zero-order valence-corrected chi connectivity index (χ0v) is 9.86. The van der Waals surface area contributed by atoms with E-state index in [0.29, 0.717) is 0 Å². The first kappa shape index (κ1) is 9.30. The van der Waals surface area contributed by atoms with Crippen LogP contribution in [0, 0.1) is 0 Å². The van der Waals surface area contributed by atoms with Crippen LogP contribution in [0.1, 0.15) is 0 Å². The fourth-order valence-corrected chi connectivity index (χ4v) is 3.26. The third-order valence-electron chi connectivity index (χ3n) is 3.28. The maximum Gasteiger partial charge on any atom is 0.139 e. The highest BCUT2D eigenvalue weighted by Crippen LogP contribution is 2.28. The molecular weight excluding hydrogens is 244 g/mol. The van der Waals surface area contributed by atoms with Gasteiger partial charge in [-0.15, -0.1) is 0 Å². The second-order valence-corrected chi connectivity index (χ2v) is 5.28. The summed E-state index contributed by atoms with van der Waals surface area (Å²) in [4.78, 5) is 9.61. The van der Waals surface area contributed by atoms with Crippen molar-refractivity contribution in [3.8, 4) is 0 Å². The molecular formula is C9H16BrN4+. The minimum Gasteiger partial charge on any atom is -0.283 e. The number of hydrogen-bond acceptors (Lipinski definition) is 3. The summed E-state index contributed by atoms with van der Waals surface area (Å²) in [6, 6.07) is 0. The Morgan fingerprint density at radius 2 is 1.50 bits per heavy atom. The molecule has 4 nitrogen and oxygen atoms in total. The van der Waals surface area contributed by atoms with Crippen LogP contribution in [-0.4, -0.2) is 65.7 Å². The monoisotopic (exact) mass is 259 g/mol. The Hall–Kier alpha value is 0.0600. The van der Waals surface area contributed by atoms with E-state index in [1.54, 1.807) is 0 Å². The molecule has 0 aliphatic carbocycles. The van der Waals surface area contributed by atoms with Gasteiger partial charge in [0, 0.05) is 0 Å². The van der Waals surface area contributed by atoms with Gasteiger partial charge in [0.2, 0.25) is 0 Å². The molecule has 0 aromatic heterocycles. The van der Waals surface area contributed by atoms with E-state index in [1.807, 2.05) is 4.99 Å². The summed E-state index contributed by atoms with van der Waals surface area (Å²) in [5.74, 6) is 0.